The summed E-state index contributed by atoms with van der Waals surface area (Å²) in [5.41, 5.74) is 0. The average Bonchev–Trinajstić information content (AvgIpc) is 3.41. The molecule has 3 aliphatic rings. The molecule has 1 aliphatic carbocycles. The normalized spacial score (nSPS) is 25.1. The van der Waals surface area contributed by atoms with Crippen LogP contribution in [0.5, 0.6) is 0 Å². The van der Waals surface area contributed by atoms with Gasteiger partial charge in [0, 0.05) is 38.1 Å². The predicted molar refractivity (Wildman–Crippen MR) is 133 cm³/mol. The minimum absolute atomic E-state index is 0.507. The van der Waals surface area contributed by atoms with Crippen molar-refractivity contribution in [2.45, 2.75) is 104 Å². The first kappa shape index (κ1) is 23.8. The van der Waals surface area contributed by atoms with Crippen molar-refractivity contribution >= 4 is 23.2 Å². The molecule has 0 radical (unpaired) electrons. The van der Waals surface area contributed by atoms with Gasteiger partial charge in [0.2, 0.25) is 0 Å². The highest BCUT2D eigenvalue weighted by molar-refractivity contribution is 7.80. The molecule has 0 bridgehead atoms. The summed E-state index contributed by atoms with van der Waals surface area (Å²) in [4.78, 5) is 10.1. The van der Waals surface area contributed by atoms with Crippen LogP contribution in [0.25, 0.3) is 0 Å². The third-order valence-corrected chi connectivity index (χ3v) is 7.60. The fourth-order valence-corrected chi connectivity index (χ4v) is 5.86. The molecule has 1 saturated carbocycles. The van der Waals surface area contributed by atoms with Crippen molar-refractivity contribution in [3.63, 3.8) is 0 Å². The highest BCUT2D eigenvalue weighted by Crippen LogP contribution is 2.28. The summed E-state index contributed by atoms with van der Waals surface area (Å²) in [6.07, 6.45) is 13.0. The molecular weight excluding hydrogens is 388 g/mol. The van der Waals surface area contributed by atoms with Crippen LogP contribution in [-0.4, -0.2) is 59.0 Å². The maximum absolute atomic E-state index is 5.92. The average molecular weight is 435 g/mol. The quantitative estimate of drug-likeness (QED) is 0.326. The van der Waals surface area contributed by atoms with Crippen LogP contribution in [0.2, 0.25) is 0 Å². The van der Waals surface area contributed by atoms with Crippen LogP contribution < -0.4 is 5.32 Å². The van der Waals surface area contributed by atoms with Gasteiger partial charge in [0.25, 0.3) is 0 Å². The van der Waals surface area contributed by atoms with E-state index in [1.807, 2.05) is 0 Å². The molecule has 0 amide bonds. The maximum atomic E-state index is 5.92. The van der Waals surface area contributed by atoms with Gasteiger partial charge in [0.1, 0.15) is 0 Å². The van der Waals surface area contributed by atoms with Crippen molar-refractivity contribution in [3.05, 3.63) is 0 Å². The molecule has 0 aromatic heterocycles. The lowest BCUT2D eigenvalue weighted by Crippen LogP contribution is -2.36. The fourth-order valence-electron chi connectivity index (χ4n) is 5.46. The van der Waals surface area contributed by atoms with Crippen molar-refractivity contribution in [2.24, 2.45) is 22.7 Å². The summed E-state index contributed by atoms with van der Waals surface area (Å²) in [7, 11) is 0. The summed E-state index contributed by atoms with van der Waals surface area (Å²) >= 11 is 5.92. The number of aliphatic imine (C=N–C) groups is 1. The van der Waals surface area contributed by atoms with Gasteiger partial charge in [0.15, 0.2) is 5.11 Å². The molecule has 2 fully saturated rings. The van der Waals surface area contributed by atoms with Crippen molar-refractivity contribution in [1.29, 1.82) is 0 Å². The van der Waals surface area contributed by atoms with Crippen LogP contribution in [0.4, 0.5) is 0 Å². The standard InChI is InChI=1S/C25H46N4S/c1-19(2)10-9-15-29-23(16-20(3)4)18-28(25(29)30)14-8-7-13-22-17-26-24(27-22)21-11-5-6-12-21/h19-23H,5-18H2,1-4H3,(H,26,27)/t22-,23+/m0/s1. The molecule has 2 atom stereocenters. The zero-order valence-corrected chi connectivity index (χ0v) is 20.9. The third-order valence-electron chi connectivity index (χ3n) is 7.11. The van der Waals surface area contributed by atoms with Crippen molar-refractivity contribution < 1.29 is 0 Å². The van der Waals surface area contributed by atoms with E-state index in [-0.39, 0.29) is 0 Å². The van der Waals surface area contributed by atoms with Crippen molar-refractivity contribution in [3.8, 4) is 0 Å². The van der Waals surface area contributed by atoms with Gasteiger partial charge in [-0.2, -0.15) is 0 Å². The molecule has 1 N–H and O–H groups in total. The van der Waals surface area contributed by atoms with Crippen molar-refractivity contribution in [1.82, 2.24) is 15.1 Å². The fraction of sp³-hybridized carbons (Fsp3) is 0.920. The van der Waals surface area contributed by atoms with E-state index in [9.17, 15) is 0 Å². The van der Waals surface area contributed by atoms with Gasteiger partial charge < -0.3 is 15.1 Å². The van der Waals surface area contributed by atoms with Crippen LogP contribution in [0.3, 0.4) is 0 Å². The topological polar surface area (TPSA) is 30.9 Å². The predicted octanol–water partition coefficient (Wildman–Crippen LogP) is 5.47. The molecule has 172 valence electrons. The van der Waals surface area contributed by atoms with E-state index in [0.29, 0.717) is 12.1 Å². The Morgan fingerprint density at radius 1 is 1.03 bits per heavy atom. The number of hydrogen-bond acceptors (Lipinski definition) is 3. The second-order valence-electron chi connectivity index (χ2n) is 10.8. The van der Waals surface area contributed by atoms with E-state index in [4.69, 9.17) is 17.2 Å². The molecule has 0 spiro atoms. The van der Waals surface area contributed by atoms with E-state index in [1.165, 1.54) is 70.0 Å². The minimum atomic E-state index is 0.507. The Morgan fingerprint density at radius 3 is 2.50 bits per heavy atom. The zero-order valence-electron chi connectivity index (χ0n) is 20.0. The summed E-state index contributed by atoms with van der Waals surface area (Å²) in [6.45, 7) is 13.8. The Labute approximate surface area is 191 Å². The summed E-state index contributed by atoms with van der Waals surface area (Å²) < 4.78 is 0. The van der Waals surface area contributed by atoms with Crippen LogP contribution in [0, 0.1) is 17.8 Å². The molecule has 1 saturated heterocycles. The number of rotatable bonds is 12. The number of thiocarbonyl (C=S) groups is 1. The first-order valence-electron chi connectivity index (χ1n) is 12.8. The molecule has 3 rings (SSSR count). The first-order valence-corrected chi connectivity index (χ1v) is 13.2. The number of unbranched alkanes of at least 4 members (excludes halogenated alkanes) is 1. The van der Waals surface area contributed by atoms with Crippen LogP contribution in [0.15, 0.2) is 4.99 Å². The highest BCUT2D eigenvalue weighted by atomic mass is 32.1. The van der Waals surface area contributed by atoms with Gasteiger partial charge in [-0.3, -0.25) is 4.99 Å². The number of nitrogens with zero attached hydrogens (tertiary/aromatic N) is 3. The van der Waals surface area contributed by atoms with Gasteiger partial charge >= 0.3 is 0 Å². The van der Waals surface area contributed by atoms with E-state index in [2.05, 4.69) is 42.8 Å². The lowest BCUT2D eigenvalue weighted by atomic mass is 10.0. The largest absolute Gasteiger partial charge is 0.371 e. The molecule has 4 nitrogen and oxygen atoms in total. The van der Waals surface area contributed by atoms with E-state index in [0.717, 1.165) is 49.0 Å². The third kappa shape index (κ3) is 6.83. The molecule has 0 unspecified atom stereocenters. The smallest absolute Gasteiger partial charge is 0.171 e. The number of amidine groups is 1. The lowest BCUT2D eigenvalue weighted by molar-refractivity contribution is 0.288. The molecule has 2 aliphatic heterocycles. The van der Waals surface area contributed by atoms with Crippen LogP contribution >= 0.6 is 12.2 Å². The Balaban J connectivity index is 1.40. The summed E-state index contributed by atoms with van der Waals surface area (Å²) in [5.74, 6) is 3.57. The molecular formula is C25H46N4S. The lowest BCUT2D eigenvalue weighted by Gasteiger charge is -2.27. The van der Waals surface area contributed by atoms with Gasteiger partial charge in [-0.25, -0.2) is 0 Å². The highest BCUT2D eigenvalue weighted by Gasteiger charge is 2.33. The Kier molecular flexibility index (Phi) is 9.28. The molecule has 0 aromatic carbocycles. The Bertz CT molecular complexity index is 567. The summed E-state index contributed by atoms with van der Waals surface area (Å²) in [5, 5.41) is 4.73. The van der Waals surface area contributed by atoms with Gasteiger partial charge in [0.05, 0.1) is 11.9 Å². The second-order valence-corrected chi connectivity index (χ2v) is 11.1. The number of hydrogen-bond donors (Lipinski definition) is 1. The molecule has 5 heteroatoms. The Morgan fingerprint density at radius 2 is 1.80 bits per heavy atom. The molecule has 0 aromatic rings. The van der Waals surface area contributed by atoms with E-state index >= 15 is 0 Å². The van der Waals surface area contributed by atoms with Gasteiger partial charge in [-0.1, -0.05) is 40.5 Å². The number of nitrogens with one attached hydrogen (secondary N) is 1. The van der Waals surface area contributed by atoms with E-state index < -0.39 is 0 Å². The van der Waals surface area contributed by atoms with Crippen LogP contribution in [-0.2, 0) is 0 Å². The SMILES string of the molecule is CC(C)CCCN1C(=S)N(CCCC[C@H]2CNC(C3CCCC3)=N2)C[C@H]1CC(C)C. The maximum Gasteiger partial charge on any atom is 0.171 e. The second kappa shape index (κ2) is 11.7. The monoisotopic (exact) mass is 434 g/mol. The zero-order chi connectivity index (χ0) is 21.5. The first-order chi connectivity index (χ1) is 14.4. The Hall–Kier alpha value is -0.840. The minimum Gasteiger partial charge on any atom is -0.371 e. The van der Waals surface area contributed by atoms with Crippen LogP contribution in [0.1, 0.15) is 91.9 Å². The van der Waals surface area contributed by atoms with Gasteiger partial charge in [-0.15, -0.1) is 0 Å². The molecule has 2 heterocycles. The van der Waals surface area contributed by atoms with Crippen molar-refractivity contribution in [2.75, 3.05) is 26.2 Å². The summed E-state index contributed by atoms with van der Waals surface area (Å²) in [6, 6.07) is 1.12. The molecule has 30 heavy (non-hydrogen) atoms. The van der Waals surface area contributed by atoms with Gasteiger partial charge in [-0.05, 0) is 75.4 Å². The van der Waals surface area contributed by atoms with E-state index in [1.54, 1.807) is 0 Å².